The van der Waals surface area contributed by atoms with Crippen molar-refractivity contribution < 1.29 is 57.2 Å². The number of nitrogens with zero attached hydrogens (tertiary/aromatic N) is 12. The number of nitriles is 3. The monoisotopic (exact) mass is 1540 g/mol. The van der Waals surface area contributed by atoms with Crippen LogP contribution in [0.3, 0.4) is 0 Å². The zero-order valence-electron chi connectivity index (χ0n) is 66.5. The van der Waals surface area contributed by atoms with Crippen LogP contribution in [0.25, 0.3) is 51.0 Å². The molecule has 1 aliphatic carbocycles. The van der Waals surface area contributed by atoms with E-state index >= 15 is 28.8 Å². The van der Waals surface area contributed by atoms with Crippen LogP contribution in [-0.2, 0) is 57.2 Å². The lowest BCUT2D eigenvalue weighted by Gasteiger charge is -2.47. The van der Waals surface area contributed by atoms with Gasteiger partial charge in [0.2, 0.25) is 0 Å². The van der Waals surface area contributed by atoms with E-state index in [-0.39, 0.29) is 16.7 Å². The zero-order chi connectivity index (χ0) is 83.0. The third kappa shape index (κ3) is 22.7. The summed E-state index contributed by atoms with van der Waals surface area (Å²) in [5, 5.41) is 33.2. The molecule has 6 aromatic carbocycles. The first-order valence-corrected chi connectivity index (χ1v) is 38.1. The van der Waals surface area contributed by atoms with Gasteiger partial charge in [0.25, 0.3) is 17.1 Å². The molecule has 0 spiro atoms. The largest absolute Gasteiger partial charge is 0.459 e. The molecule has 1 fully saturated rings. The maximum atomic E-state index is 15.5. The molecule has 4 unspecified atom stereocenters. The fourth-order valence-electron chi connectivity index (χ4n) is 13.1. The zero-order valence-corrected chi connectivity index (χ0v) is 66.5. The molecule has 588 valence electrons. The van der Waals surface area contributed by atoms with Crippen LogP contribution in [0.4, 0.5) is 34.1 Å². The fourth-order valence-corrected chi connectivity index (χ4v) is 13.1. The van der Waals surface area contributed by atoms with Crippen LogP contribution in [0.1, 0.15) is 116 Å². The van der Waals surface area contributed by atoms with Gasteiger partial charge in [0.1, 0.15) is 34.9 Å². The van der Waals surface area contributed by atoms with E-state index in [0.29, 0.717) is 95.2 Å². The highest BCUT2D eigenvalue weighted by Crippen LogP contribution is 2.38. The minimum Gasteiger partial charge on any atom is -0.459 e. The van der Waals surface area contributed by atoms with Crippen molar-refractivity contribution in [2.75, 3.05) is 108 Å². The summed E-state index contributed by atoms with van der Waals surface area (Å²) in [5.74, 6) is -9.36. The SMILES string of the molecule is [C-]#[N+]/C(=C\c1ccc(N(CC)CC)cc1)C(=O)OC1C(OC(=O)/C(=C/c2ccc(N(CC)CC)cc2)[N+]#[C-])C(OC(=O)/C(C#N)=C/c2ccc(N(CC)CC)cc2)C(OC(=O)/C(C#N)=C/c2ccc(N(CC)CC)cc2)C(OC(=O)/C(C#N)=C/c2ccc(N(CC)CC)cc2)C1OC(=O)/C(=C/c1ccc(N(CC)CC)cc1)[N+]#[C-]. The highest BCUT2D eigenvalue weighted by atomic mass is 16.7. The lowest BCUT2D eigenvalue weighted by Crippen LogP contribution is -2.69. The van der Waals surface area contributed by atoms with Gasteiger partial charge in [-0.3, -0.25) is 14.4 Å². The molecular weight excluding hydrogens is 1440 g/mol. The summed E-state index contributed by atoms with van der Waals surface area (Å²) in [6, 6.07) is 46.1. The van der Waals surface area contributed by atoms with E-state index in [9.17, 15) is 15.8 Å². The first kappa shape index (κ1) is 87.5. The molecule has 0 amide bonds. The van der Waals surface area contributed by atoms with E-state index in [1.54, 1.807) is 146 Å². The highest BCUT2D eigenvalue weighted by Gasteiger charge is 2.62. The van der Waals surface area contributed by atoms with Crippen molar-refractivity contribution >= 4 is 106 Å². The van der Waals surface area contributed by atoms with Crippen molar-refractivity contribution in [3.8, 4) is 18.2 Å². The van der Waals surface area contributed by atoms with Crippen molar-refractivity contribution in [2.45, 2.75) is 120 Å². The topological polar surface area (TPSA) is 262 Å². The second-order valence-corrected chi connectivity index (χ2v) is 25.7. The quantitative estimate of drug-likeness (QED) is 0.0116. The van der Waals surface area contributed by atoms with Gasteiger partial charge in [0.15, 0.2) is 36.6 Å². The summed E-state index contributed by atoms with van der Waals surface area (Å²) in [6.45, 7) is 56.9. The van der Waals surface area contributed by atoms with E-state index in [4.69, 9.17) is 48.1 Å². The van der Waals surface area contributed by atoms with Crippen molar-refractivity contribution in [1.29, 1.82) is 15.8 Å². The van der Waals surface area contributed by atoms with Gasteiger partial charge in [0.05, 0.1) is 19.7 Å². The van der Waals surface area contributed by atoms with Gasteiger partial charge in [-0.05, 0) is 226 Å². The Hall–Kier alpha value is -13.7. The van der Waals surface area contributed by atoms with E-state index in [2.05, 4.69) is 43.9 Å². The van der Waals surface area contributed by atoms with E-state index in [0.717, 1.165) is 70.6 Å². The van der Waals surface area contributed by atoms with Gasteiger partial charge in [-0.2, -0.15) is 15.8 Å². The van der Waals surface area contributed by atoms with Gasteiger partial charge < -0.3 is 57.8 Å². The maximum absolute atomic E-state index is 15.5. The van der Waals surface area contributed by atoms with Crippen LogP contribution >= 0.6 is 0 Å². The molecule has 6 aromatic rings. The van der Waals surface area contributed by atoms with Crippen LogP contribution in [-0.4, -0.2) is 151 Å². The van der Waals surface area contributed by atoms with Crippen molar-refractivity contribution in [3.63, 3.8) is 0 Å². The Morgan fingerprint density at radius 2 is 0.412 bits per heavy atom. The van der Waals surface area contributed by atoms with Gasteiger partial charge >= 0.3 is 35.8 Å². The molecule has 7 rings (SSSR count). The summed E-state index contributed by atoms with van der Waals surface area (Å²) in [5.41, 5.74) is 1.92. The summed E-state index contributed by atoms with van der Waals surface area (Å²) in [4.78, 5) is 116. The number of rotatable bonds is 36. The molecule has 24 heteroatoms. The van der Waals surface area contributed by atoms with Gasteiger partial charge in [-0.25, -0.2) is 28.9 Å². The average molecular weight is 1540 g/mol. The molecule has 0 N–H and O–H groups in total. The molecule has 0 radical (unpaired) electrons. The second kappa shape index (κ2) is 43.6. The molecule has 0 aromatic heterocycles. The molecule has 1 aliphatic rings. The van der Waals surface area contributed by atoms with Crippen molar-refractivity contribution in [1.82, 2.24) is 0 Å². The Morgan fingerprint density at radius 1 is 0.272 bits per heavy atom. The van der Waals surface area contributed by atoms with E-state index in [1.165, 1.54) is 0 Å². The fraction of sp³-hybridized carbons (Fsp3) is 0.333. The lowest BCUT2D eigenvalue weighted by molar-refractivity contribution is -0.256. The minimum absolute atomic E-state index is 0.285. The normalized spacial score (nSPS) is 16.3. The predicted molar refractivity (Wildman–Crippen MR) is 444 cm³/mol. The molecule has 0 heterocycles. The van der Waals surface area contributed by atoms with Crippen LogP contribution in [0, 0.1) is 53.7 Å². The average Bonchev–Trinajstić information content (AvgIpc) is 0.748. The molecule has 0 aliphatic heterocycles. The standard InChI is InChI=1S/C90H96N12O12/c1-16-97(17-2)70-40-28-61(29-41-70)52-67(58-91)85(103)109-79-80(110-86(104)68(59-92)53-62-30-42-71(43-31-62)98(18-3)19-4)82(112-88(106)76(94-13)55-64-34-46-73(47-35-64)100(22-7)23-8)84(114-90(108)78(96-15)57-66-38-50-75(51-39-66)102(26-11)27-12)83(113-89(107)77(95-14)56-65-36-48-74(49-37-65)101(24-9)25-10)81(79)111-87(105)69(60-93)54-63-32-44-72(45-33-63)99(20-5)21-6/h28-57,79-84H,16-27H2,1-12H3/b67-52+,68-53+,69-54+,76-55-,77-56-,78-57-. The van der Waals surface area contributed by atoms with Gasteiger partial charge in [-0.15, -0.1) is 0 Å². The van der Waals surface area contributed by atoms with Crippen LogP contribution < -0.4 is 29.4 Å². The highest BCUT2D eigenvalue weighted by molar-refractivity contribution is 6.02. The number of hydrogen-bond acceptors (Lipinski definition) is 21. The summed E-state index contributed by atoms with van der Waals surface area (Å²) >= 11 is 0. The molecular formula is C90H96N12O12. The Labute approximate surface area is 668 Å². The van der Waals surface area contributed by atoms with E-state index < -0.39 is 106 Å². The van der Waals surface area contributed by atoms with E-state index in [1.807, 2.05) is 101 Å². The molecule has 24 nitrogen and oxygen atoms in total. The number of ether oxygens (including phenoxy) is 6. The van der Waals surface area contributed by atoms with Crippen molar-refractivity contribution in [3.05, 3.63) is 247 Å². The third-order valence-electron chi connectivity index (χ3n) is 19.4. The van der Waals surface area contributed by atoms with Gasteiger partial charge in [0, 0.05) is 113 Å². The lowest BCUT2D eigenvalue weighted by atomic mass is 9.83. The van der Waals surface area contributed by atoms with Crippen molar-refractivity contribution in [2.24, 2.45) is 0 Å². The minimum atomic E-state index is -2.61. The summed E-state index contributed by atoms with van der Waals surface area (Å²) < 4.78 is 38.4. The smallest absolute Gasteiger partial charge is 0.349 e. The molecule has 114 heavy (non-hydrogen) atoms. The van der Waals surface area contributed by atoms with Gasteiger partial charge in [-0.1, -0.05) is 72.8 Å². The Kier molecular flexibility index (Phi) is 33.5. The number of hydrogen-bond donors (Lipinski definition) is 0. The Balaban J connectivity index is 1.61. The number of carbonyl (C=O) groups excluding carboxylic acids is 6. The number of anilines is 6. The third-order valence-corrected chi connectivity index (χ3v) is 19.4. The Bertz CT molecular complexity index is 3990. The number of esters is 6. The molecule has 0 bridgehead atoms. The van der Waals surface area contributed by atoms with Crippen LogP contribution in [0.5, 0.6) is 0 Å². The first-order valence-electron chi connectivity index (χ1n) is 38.1. The Morgan fingerprint density at radius 3 is 0.544 bits per heavy atom. The predicted octanol–water partition coefficient (Wildman–Crippen LogP) is 15.3. The van der Waals surface area contributed by atoms with Crippen LogP contribution in [0.15, 0.2) is 179 Å². The molecule has 0 saturated heterocycles. The first-order chi connectivity index (χ1) is 55.1. The van der Waals surface area contributed by atoms with Crippen LogP contribution in [0.2, 0.25) is 0 Å². The number of carbonyl (C=O) groups is 6. The summed E-state index contributed by atoms with van der Waals surface area (Å²) in [6.07, 6.45) is -8.71. The number of benzene rings is 6. The molecule has 1 saturated carbocycles. The maximum Gasteiger partial charge on any atom is 0.349 e. The molecule has 4 atom stereocenters. The second-order valence-electron chi connectivity index (χ2n) is 25.7. The summed E-state index contributed by atoms with van der Waals surface area (Å²) in [7, 11) is 0.